The molecule has 4 heteroatoms. The van der Waals surface area contributed by atoms with E-state index in [1.165, 1.54) is 0 Å². The highest BCUT2D eigenvalue weighted by atomic mass is 16.3. The predicted molar refractivity (Wildman–Crippen MR) is 52.2 cm³/mol. The number of nitrogens with two attached hydrogens (primary N) is 1. The van der Waals surface area contributed by atoms with Crippen LogP contribution in [0.15, 0.2) is 0 Å². The van der Waals surface area contributed by atoms with Crippen molar-refractivity contribution in [2.75, 3.05) is 20.1 Å². The van der Waals surface area contributed by atoms with Crippen LogP contribution >= 0.6 is 0 Å². The van der Waals surface area contributed by atoms with Crippen molar-refractivity contribution in [2.45, 2.75) is 32.3 Å². The number of carbonyl (C=O) groups is 1. The van der Waals surface area contributed by atoms with E-state index in [1.807, 2.05) is 0 Å². The summed E-state index contributed by atoms with van der Waals surface area (Å²) in [4.78, 5) is 12.9. The molecular weight excluding hydrogens is 168 g/mol. The lowest BCUT2D eigenvalue weighted by Gasteiger charge is -2.18. The van der Waals surface area contributed by atoms with Crippen molar-refractivity contribution in [2.24, 2.45) is 5.73 Å². The molecule has 0 aromatic heterocycles. The first-order valence-electron chi connectivity index (χ1n) is 4.70. The quantitative estimate of drug-likeness (QED) is 0.574. The second kappa shape index (κ2) is 6.86. The molecule has 0 saturated carbocycles. The normalized spacial score (nSPS) is 12.6. The Morgan fingerprint density at radius 2 is 2.15 bits per heavy atom. The summed E-state index contributed by atoms with van der Waals surface area (Å²) in [6.45, 7) is 2.71. The molecule has 0 radical (unpaired) electrons. The molecule has 0 bridgehead atoms. The number of amides is 1. The van der Waals surface area contributed by atoms with Crippen molar-refractivity contribution in [1.82, 2.24) is 4.90 Å². The van der Waals surface area contributed by atoms with Crippen molar-refractivity contribution in [1.29, 1.82) is 0 Å². The first-order chi connectivity index (χ1) is 6.07. The van der Waals surface area contributed by atoms with Crippen LogP contribution in [0.1, 0.15) is 26.2 Å². The Labute approximate surface area is 79.7 Å². The molecule has 0 aliphatic heterocycles. The average Bonchev–Trinajstić information content (AvgIpc) is 2.03. The van der Waals surface area contributed by atoms with Crippen LogP contribution in [0, 0.1) is 0 Å². The molecule has 0 aliphatic rings. The average molecular weight is 188 g/mol. The van der Waals surface area contributed by atoms with Gasteiger partial charge in [0.15, 0.2) is 0 Å². The summed E-state index contributed by atoms with van der Waals surface area (Å²) < 4.78 is 0. The van der Waals surface area contributed by atoms with Gasteiger partial charge in [-0.1, -0.05) is 0 Å². The van der Waals surface area contributed by atoms with Gasteiger partial charge in [0.2, 0.25) is 5.91 Å². The van der Waals surface area contributed by atoms with Crippen molar-refractivity contribution in [3.8, 4) is 0 Å². The maximum absolute atomic E-state index is 11.3. The molecule has 1 atom stereocenters. The molecule has 0 aromatic rings. The van der Waals surface area contributed by atoms with E-state index in [-0.39, 0.29) is 5.91 Å². The van der Waals surface area contributed by atoms with E-state index in [4.69, 9.17) is 10.8 Å². The number of nitrogens with zero attached hydrogens (tertiary/aromatic N) is 1. The van der Waals surface area contributed by atoms with Crippen LogP contribution in [0.25, 0.3) is 0 Å². The molecule has 0 aliphatic carbocycles. The SMILES string of the molecule is CC(O)CN(C)C(=O)CCCCN. The number of hydrogen-bond acceptors (Lipinski definition) is 3. The van der Waals surface area contributed by atoms with E-state index in [2.05, 4.69) is 0 Å². The number of likely N-dealkylation sites (N-methyl/N-ethyl adjacent to an activating group) is 1. The zero-order valence-corrected chi connectivity index (χ0v) is 8.49. The van der Waals surface area contributed by atoms with Crippen LogP contribution in [0.5, 0.6) is 0 Å². The van der Waals surface area contributed by atoms with E-state index < -0.39 is 6.10 Å². The highest BCUT2D eigenvalue weighted by molar-refractivity contribution is 5.75. The first kappa shape index (κ1) is 12.4. The van der Waals surface area contributed by atoms with Gasteiger partial charge in [-0.2, -0.15) is 0 Å². The van der Waals surface area contributed by atoms with Crippen LogP contribution in [0.4, 0.5) is 0 Å². The molecule has 0 heterocycles. The second-order valence-corrected chi connectivity index (χ2v) is 3.37. The number of hydrogen-bond donors (Lipinski definition) is 2. The van der Waals surface area contributed by atoms with Gasteiger partial charge < -0.3 is 15.7 Å². The number of carbonyl (C=O) groups excluding carboxylic acids is 1. The van der Waals surface area contributed by atoms with E-state index >= 15 is 0 Å². The Morgan fingerprint density at radius 3 is 2.62 bits per heavy atom. The zero-order chi connectivity index (χ0) is 10.3. The van der Waals surface area contributed by atoms with Crippen molar-refractivity contribution in [3.63, 3.8) is 0 Å². The molecule has 78 valence electrons. The highest BCUT2D eigenvalue weighted by Crippen LogP contribution is 1.99. The van der Waals surface area contributed by atoms with E-state index in [0.717, 1.165) is 12.8 Å². The summed E-state index contributed by atoms with van der Waals surface area (Å²) >= 11 is 0. The van der Waals surface area contributed by atoms with Gasteiger partial charge in [0, 0.05) is 20.0 Å². The molecule has 13 heavy (non-hydrogen) atoms. The van der Waals surface area contributed by atoms with Gasteiger partial charge in [-0.25, -0.2) is 0 Å². The minimum absolute atomic E-state index is 0.0781. The molecule has 0 aromatic carbocycles. The molecule has 4 nitrogen and oxygen atoms in total. The fraction of sp³-hybridized carbons (Fsp3) is 0.889. The largest absolute Gasteiger partial charge is 0.392 e. The summed E-state index contributed by atoms with van der Waals surface area (Å²) in [6.07, 6.45) is 1.79. The van der Waals surface area contributed by atoms with Gasteiger partial charge in [-0.15, -0.1) is 0 Å². The Morgan fingerprint density at radius 1 is 1.54 bits per heavy atom. The van der Waals surface area contributed by atoms with Crippen molar-refractivity contribution < 1.29 is 9.90 Å². The van der Waals surface area contributed by atoms with Gasteiger partial charge in [-0.05, 0) is 26.3 Å². The van der Waals surface area contributed by atoms with Crippen LogP contribution in [-0.4, -0.2) is 42.2 Å². The lowest BCUT2D eigenvalue weighted by atomic mass is 10.2. The van der Waals surface area contributed by atoms with Gasteiger partial charge in [0.05, 0.1) is 6.10 Å². The van der Waals surface area contributed by atoms with Gasteiger partial charge in [0.1, 0.15) is 0 Å². The Hall–Kier alpha value is -0.610. The maximum Gasteiger partial charge on any atom is 0.222 e. The summed E-state index contributed by atoms with van der Waals surface area (Å²) in [6, 6.07) is 0. The molecular formula is C9H20N2O2. The topological polar surface area (TPSA) is 66.6 Å². The zero-order valence-electron chi connectivity index (χ0n) is 8.49. The fourth-order valence-electron chi connectivity index (χ4n) is 1.11. The fourth-order valence-corrected chi connectivity index (χ4v) is 1.11. The Kier molecular flexibility index (Phi) is 6.54. The molecule has 0 saturated heterocycles. The monoisotopic (exact) mass is 188 g/mol. The maximum atomic E-state index is 11.3. The number of rotatable bonds is 6. The van der Waals surface area contributed by atoms with Crippen LogP contribution in [0.2, 0.25) is 0 Å². The summed E-state index contributed by atoms with van der Waals surface area (Å²) in [5, 5.41) is 9.03. The van der Waals surface area contributed by atoms with Gasteiger partial charge in [-0.3, -0.25) is 4.79 Å². The summed E-state index contributed by atoms with van der Waals surface area (Å²) in [7, 11) is 1.71. The van der Waals surface area contributed by atoms with Gasteiger partial charge >= 0.3 is 0 Å². The minimum Gasteiger partial charge on any atom is -0.392 e. The van der Waals surface area contributed by atoms with Crippen LogP contribution in [0.3, 0.4) is 0 Å². The second-order valence-electron chi connectivity index (χ2n) is 3.37. The Bertz CT molecular complexity index is 149. The number of unbranched alkanes of at least 4 members (excludes halogenated alkanes) is 1. The van der Waals surface area contributed by atoms with E-state index in [9.17, 15) is 4.79 Å². The van der Waals surface area contributed by atoms with E-state index in [1.54, 1.807) is 18.9 Å². The lowest BCUT2D eigenvalue weighted by molar-refractivity contribution is -0.131. The molecule has 3 N–H and O–H groups in total. The minimum atomic E-state index is -0.455. The predicted octanol–water partition coefficient (Wildman–Crippen LogP) is -0.0454. The summed E-state index contributed by atoms with van der Waals surface area (Å²) in [5.41, 5.74) is 5.31. The third-order valence-electron chi connectivity index (χ3n) is 1.81. The third-order valence-corrected chi connectivity index (χ3v) is 1.81. The molecule has 0 spiro atoms. The van der Waals surface area contributed by atoms with Crippen LogP contribution < -0.4 is 5.73 Å². The first-order valence-corrected chi connectivity index (χ1v) is 4.70. The molecule has 1 amide bonds. The molecule has 1 unspecified atom stereocenters. The highest BCUT2D eigenvalue weighted by Gasteiger charge is 2.09. The van der Waals surface area contributed by atoms with Crippen molar-refractivity contribution in [3.05, 3.63) is 0 Å². The van der Waals surface area contributed by atoms with Gasteiger partial charge in [0.25, 0.3) is 0 Å². The number of aliphatic hydroxyl groups excluding tert-OH is 1. The smallest absolute Gasteiger partial charge is 0.222 e. The van der Waals surface area contributed by atoms with Crippen molar-refractivity contribution >= 4 is 5.91 Å². The summed E-state index contributed by atoms with van der Waals surface area (Å²) in [5.74, 6) is 0.0781. The van der Waals surface area contributed by atoms with Crippen LogP contribution in [-0.2, 0) is 4.79 Å². The van der Waals surface area contributed by atoms with E-state index in [0.29, 0.717) is 19.5 Å². The number of aliphatic hydroxyl groups is 1. The lowest BCUT2D eigenvalue weighted by Crippen LogP contribution is -2.32. The Balaban J connectivity index is 3.57. The molecule has 0 fully saturated rings. The molecule has 0 rings (SSSR count). The third kappa shape index (κ3) is 6.54. The standard InChI is InChI=1S/C9H20N2O2/c1-8(12)7-11(2)9(13)5-3-4-6-10/h8,12H,3-7,10H2,1-2H3.